The summed E-state index contributed by atoms with van der Waals surface area (Å²) >= 11 is 0. The van der Waals surface area contributed by atoms with Crippen LogP contribution in [0.25, 0.3) is 22.3 Å². The molecule has 0 aliphatic heterocycles. The lowest BCUT2D eigenvalue weighted by Gasteiger charge is -2.25. The number of aryl methyl sites for hydroxylation is 1. The van der Waals surface area contributed by atoms with Gasteiger partial charge in [-0.05, 0) is 56.7 Å². The highest BCUT2D eigenvalue weighted by atomic mass is 19.1. The molecule has 1 heterocycles. The predicted molar refractivity (Wildman–Crippen MR) is 94.9 cm³/mol. The number of halogens is 1. The van der Waals surface area contributed by atoms with E-state index >= 15 is 0 Å². The van der Waals surface area contributed by atoms with Crippen molar-refractivity contribution in [3.05, 3.63) is 47.8 Å². The highest BCUT2D eigenvalue weighted by Gasteiger charge is 2.18. The Morgan fingerprint density at radius 3 is 2.38 bits per heavy atom. The minimum Gasteiger partial charge on any atom is -0.508 e. The number of phenols is 1. The zero-order valence-corrected chi connectivity index (χ0v) is 14.2. The summed E-state index contributed by atoms with van der Waals surface area (Å²) in [6.07, 6.45) is 0. The van der Waals surface area contributed by atoms with Gasteiger partial charge in [-0.1, -0.05) is 0 Å². The topological polar surface area (TPSA) is 49.3 Å². The van der Waals surface area contributed by atoms with Gasteiger partial charge < -0.3 is 10.0 Å². The van der Waals surface area contributed by atoms with Crippen molar-refractivity contribution < 1.29 is 9.50 Å². The Hall–Kier alpha value is -2.69. The number of aromatic hydroxyl groups is 1. The molecule has 0 aliphatic carbocycles. The molecule has 0 spiro atoms. The number of rotatable bonds is 3. The van der Waals surface area contributed by atoms with E-state index < -0.39 is 0 Å². The van der Waals surface area contributed by atoms with E-state index in [0.717, 1.165) is 22.5 Å². The minimum atomic E-state index is -0.292. The van der Waals surface area contributed by atoms with E-state index in [2.05, 4.69) is 13.8 Å². The molecule has 5 heteroatoms. The monoisotopic (exact) mass is 325 g/mol. The van der Waals surface area contributed by atoms with Gasteiger partial charge in [0.15, 0.2) is 5.82 Å². The highest BCUT2D eigenvalue weighted by molar-refractivity contribution is 5.86. The molecule has 1 N–H and O–H groups in total. The van der Waals surface area contributed by atoms with E-state index in [-0.39, 0.29) is 17.6 Å². The third-order valence-corrected chi connectivity index (χ3v) is 4.15. The number of aromatic nitrogens is 2. The van der Waals surface area contributed by atoms with E-state index in [1.807, 2.05) is 18.9 Å². The van der Waals surface area contributed by atoms with Crippen molar-refractivity contribution in [3.63, 3.8) is 0 Å². The number of phenolic OH excluding ortho intramolecular Hbond substituents is 1. The first-order valence-corrected chi connectivity index (χ1v) is 7.87. The maximum atomic E-state index is 13.3. The van der Waals surface area contributed by atoms with Crippen LogP contribution >= 0.6 is 0 Å². The second-order valence-corrected chi connectivity index (χ2v) is 6.24. The molecule has 0 unspecified atom stereocenters. The molecule has 0 saturated heterocycles. The van der Waals surface area contributed by atoms with Crippen LogP contribution in [0, 0.1) is 12.7 Å². The van der Waals surface area contributed by atoms with E-state index in [9.17, 15) is 9.50 Å². The van der Waals surface area contributed by atoms with Gasteiger partial charge in [-0.15, -0.1) is 0 Å². The molecule has 0 aliphatic rings. The molecule has 0 saturated carbocycles. The Kier molecular flexibility index (Phi) is 4.09. The van der Waals surface area contributed by atoms with Gasteiger partial charge in [0.2, 0.25) is 0 Å². The molecular formula is C19H20FN3O. The quantitative estimate of drug-likeness (QED) is 0.780. The second-order valence-electron chi connectivity index (χ2n) is 6.24. The fourth-order valence-corrected chi connectivity index (χ4v) is 2.59. The Bertz CT molecular complexity index is 891. The number of fused-ring (bicyclic) bond motifs is 1. The molecule has 0 atom stereocenters. The van der Waals surface area contributed by atoms with Gasteiger partial charge in [-0.25, -0.2) is 14.4 Å². The number of nitrogens with zero attached hydrogens (tertiary/aromatic N) is 3. The van der Waals surface area contributed by atoms with Crippen molar-refractivity contribution in [3.8, 4) is 17.0 Å². The molecule has 0 radical (unpaired) electrons. The van der Waals surface area contributed by atoms with E-state index in [1.54, 1.807) is 24.3 Å². The third-order valence-electron chi connectivity index (χ3n) is 4.15. The standard InChI is InChI=1S/C19H20FN3O/c1-11(2)23(4)19-18(13-5-7-14(20)8-6-13)21-16-10-15(24)9-12(3)17(16)22-19/h5-11,24H,1-4H3. The second kappa shape index (κ2) is 6.07. The first-order valence-electron chi connectivity index (χ1n) is 7.87. The fraction of sp³-hybridized carbons (Fsp3) is 0.263. The normalized spacial score (nSPS) is 11.2. The lowest BCUT2D eigenvalue weighted by atomic mass is 10.1. The zero-order valence-electron chi connectivity index (χ0n) is 14.2. The zero-order chi connectivity index (χ0) is 17.4. The highest BCUT2D eigenvalue weighted by Crippen LogP contribution is 2.32. The Morgan fingerprint density at radius 1 is 1.08 bits per heavy atom. The van der Waals surface area contributed by atoms with Gasteiger partial charge in [-0.2, -0.15) is 0 Å². The van der Waals surface area contributed by atoms with Crippen LogP contribution in [0.1, 0.15) is 19.4 Å². The molecule has 3 aromatic rings. The Labute approximate surface area is 140 Å². The van der Waals surface area contributed by atoms with Crippen LogP contribution in [0.3, 0.4) is 0 Å². The van der Waals surface area contributed by atoms with Crippen molar-refractivity contribution in [1.29, 1.82) is 0 Å². The summed E-state index contributed by atoms with van der Waals surface area (Å²) in [5.41, 5.74) is 3.69. The first-order chi connectivity index (χ1) is 11.4. The SMILES string of the molecule is Cc1cc(O)cc2nc(-c3ccc(F)cc3)c(N(C)C(C)C)nc12. The van der Waals surface area contributed by atoms with Crippen LogP contribution in [0.2, 0.25) is 0 Å². The maximum Gasteiger partial charge on any atom is 0.155 e. The van der Waals surface area contributed by atoms with Gasteiger partial charge in [0.1, 0.15) is 17.3 Å². The minimum absolute atomic E-state index is 0.157. The molecular weight excluding hydrogens is 305 g/mol. The molecule has 124 valence electrons. The number of benzene rings is 2. The summed E-state index contributed by atoms with van der Waals surface area (Å²) in [7, 11) is 1.96. The van der Waals surface area contributed by atoms with Crippen molar-refractivity contribution in [2.45, 2.75) is 26.8 Å². The first kappa shape index (κ1) is 16.2. The summed E-state index contributed by atoms with van der Waals surface area (Å²) in [6.45, 7) is 6.04. The summed E-state index contributed by atoms with van der Waals surface area (Å²) < 4.78 is 13.3. The van der Waals surface area contributed by atoms with Gasteiger partial charge in [0, 0.05) is 24.7 Å². The van der Waals surface area contributed by atoms with Crippen molar-refractivity contribution in [2.75, 3.05) is 11.9 Å². The van der Waals surface area contributed by atoms with Crippen LogP contribution in [-0.4, -0.2) is 28.2 Å². The van der Waals surface area contributed by atoms with E-state index in [4.69, 9.17) is 9.97 Å². The molecule has 2 aromatic carbocycles. The molecule has 1 aromatic heterocycles. The molecule has 4 nitrogen and oxygen atoms in total. The summed E-state index contributed by atoms with van der Waals surface area (Å²) in [5, 5.41) is 9.85. The Morgan fingerprint density at radius 2 is 1.75 bits per heavy atom. The smallest absolute Gasteiger partial charge is 0.155 e. The van der Waals surface area contributed by atoms with Gasteiger partial charge in [0.05, 0.1) is 11.0 Å². The maximum absolute atomic E-state index is 13.3. The van der Waals surface area contributed by atoms with Crippen LogP contribution in [0.4, 0.5) is 10.2 Å². The van der Waals surface area contributed by atoms with Gasteiger partial charge in [-0.3, -0.25) is 0 Å². The molecule has 3 rings (SSSR count). The van der Waals surface area contributed by atoms with Crippen LogP contribution in [-0.2, 0) is 0 Å². The average Bonchev–Trinajstić information content (AvgIpc) is 2.53. The van der Waals surface area contributed by atoms with E-state index in [0.29, 0.717) is 11.2 Å². The van der Waals surface area contributed by atoms with Crippen molar-refractivity contribution >= 4 is 16.9 Å². The van der Waals surface area contributed by atoms with Crippen LogP contribution in [0.5, 0.6) is 5.75 Å². The molecule has 24 heavy (non-hydrogen) atoms. The van der Waals surface area contributed by atoms with Gasteiger partial charge in [0.25, 0.3) is 0 Å². The van der Waals surface area contributed by atoms with E-state index in [1.165, 1.54) is 12.1 Å². The largest absolute Gasteiger partial charge is 0.508 e. The van der Waals surface area contributed by atoms with Gasteiger partial charge >= 0.3 is 0 Å². The molecule has 0 bridgehead atoms. The fourth-order valence-electron chi connectivity index (χ4n) is 2.59. The Balaban J connectivity index is 2.31. The average molecular weight is 325 g/mol. The molecule has 0 fully saturated rings. The van der Waals surface area contributed by atoms with Crippen LogP contribution < -0.4 is 4.90 Å². The van der Waals surface area contributed by atoms with Crippen molar-refractivity contribution in [2.24, 2.45) is 0 Å². The lowest BCUT2D eigenvalue weighted by Crippen LogP contribution is -2.27. The number of hydrogen-bond donors (Lipinski definition) is 1. The predicted octanol–water partition coefficient (Wildman–Crippen LogP) is 4.29. The number of hydrogen-bond acceptors (Lipinski definition) is 4. The van der Waals surface area contributed by atoms with Crippen LogP contribution in [0.15, 0.2) is 36.4 Å². The molecule has 0 amide bonds. The lowest BCUT2D eigenvalue weighted by molar-refractivity contribution is 0.475. The van der Waals surface area contributed by atoms with Crippen molar-refractivity contribution in [1.82, 2.24) is 9.97 Å². The summed E-state index contributed by atoms with van der Waals surface area (Å²) in [4.78, 5) is 11.5. The summed E-state index contributed by atoms with van der Waals surface area (Å²) in [5.74, 6) is 0.599. The summed E-state index contributed by atoms with van der Waals surface area (Å²) in [6, 6.07) is 9.71. The number of anilines is 1. The third kappa shape index (κ3) is 2.89.